The van der Waals surface area contributed by atoms with Gasteiger partial charge in [0.15, 0.2) is 0 Å². The second-order valence-corrected chi connectivity index (χ2v) is 3.45. The zero-order valence-electron chi connectivity index (χ0n) is 9.63. The van der Waals surface area contributed by atoms with Gasteiger partial charge in [0.25, 0.3) is 0 Å². The third-order valence-corrected chi connectivity index (χ3v) is 1.55. The van der Waals surface area contributed by atoms with E-state index in [0.29, 0.717) is 19.6 Å². The van der Waals surface area contributed by atoms with Crippen molar-refractivity contribution in [2.45, 2.75) is 33.2 Å². The molecule has 2 N–H and O–H groups in total. The molecule has 1 amide bonds. The lowest BCUT2D eigenvalue weighted by Crippen LogP contribution is -2.34. The molecule has 0 saturated carbocycles. The summed E-state index contributed by atoms with van der Waals surface area (Å²) in [6, 6.07) is 0.155. The van der Waals surface area contributed by atoms with Crippen molar-refractivity contribution in [2.75, 3.05) is 19.7 Å². The Labute approximate surface area is 90.6 Å². The molecule has 0 rings (SSSR count). The minimum atomic E-state index is -0.290. The molecule has 0 unspecified atom stereocenters. The third-order valence-electron chi connectivity index (χ3n) is 1.55. The van der Waals surface area contributed by atoms with Gasteiger partial charge < -0.3 is 15.4 Å². The van der Waals surface area contributed by atoms with Crippen LogP contribution in [0, 0.1) is 0 Å². The number of hydrogen-bond donors (Lipinski definition) is 2. The predicted molar refractivity (Wildman–Crippen MR) is 57.4 cm³/mol. The highest BCUT2D eigenvalue weighted by atomic mass is 16.5. The van der Waals surface area contributed by atoms with Crippen molar-refractivity contribution in [1.29, 1.82) is 0 Å². The van der Waals surface area contributed by atoms with Crippen molar-refractivity contribution in [2.24, 2.45) is 0 Å². The quantitative estimate of drug-likeness (QED) is 0.466. The van der Waals surface area contributed by atoms with Crippen LogP contribution in [-0.2, 0) is 14.3 Å². The molecular formula is C10H20N2O3. The van der Waals surface area contributed by atoms with Crippen molar-refractivity contribution < 1.29 is 14.3 Å². The SMILES string of the molecule is CCOC(=O)CNCCC(=O)NC(C)C. The topological polar surface area (TPSA) is 67.4 Å². The number of carbonyl (C=O) groups excluding carboxylic acids is 2. The third kappa shape index (κ3) is 9.21. The van der Waals surface area contributed by atoms with E-state index in [1.165, 1.54) is 0 Å². The first-order valence-corrected chi connectivity index (χ1v) is 5.22. The zero-order chi connectivity index (χ0) is 11.7. The molecule has 0 aliphatic heterocycles. The van der Waals surface area contributed by atoms with E-state index in [-0.39, 0.29) is 24.5 Å². The molecule has 0 aromatic heterocycles. The first-order chi connectivity index (χ1) is 7.06. The van der Waals surface area contributed by atoms with Gasteiger partial charge in [-0.2, -0.15) is 0 Å². The normalized spacial score (nSPS) is 10.1. The van der Waals surface area contributed by atoms with Crippen LogP contribution in [0.2, 0.25) is 0 Å². The summed E-state index contributed by atoms with van der Waals surface area (Å²) in [6.07, 6.45) is 0.373. The highest BCUT2D eigenvalue weighted by Crippen LogP contribution is 1.82. The Kier molecular flexibility index (Phi) is 7.62. The van der Waals surface area contributed by atoms with Crippen molar-refractivity contribution in [3.63, 3.8) is 0 Å². The molecule has 0 fully saturated rings. The molecule has 5 heteroatoms. The van der Waals surface area contributed by atoms with Gasteiger partial charge in [-0.15, -0.1) is 0 Å². The number of hydrogen-bond acceptors (Lipinski definition) is 4. The zero-order valence-corrected chi connectivity index (χ0v) is 9.63. The molecule has 0 aliphatic rings. The fraction of sp³-hybridized carbons (Fsp3) is 0.800. The van der Waals surface area contributed by atoms with Gasteiger partial charge in [-0.25, -0.2) is 0 Å². The first kappa shape index (κ1) is 13.9. The molecule has 5 nitrogen and oxygen atoms in total. The van der Waals surface area contributed by atoms with Crippen molar-refractivity contribution in [3.8, 4) is 0 Å². The lowest BCUT2D eigenvalue weighted by atomic mass is 10.3. The van der Waals surface area contributed by atoms with Crippen LogP contribution in [0.15, 0.2) is 0 Å². The molecule has 0 heterocycles. The number of carbonyl (C=O) groups is 2. The highest BCUT2D eigenvalue weighted by molar-refractivity contribution is 5.76. The largest absolute Gasteiger partial charge is 0.465 e. The summed E-state index contributed by atoms with van der Waals surface area (Å²) < 4.78 is 4.71. The molecule has 15 heavy (non-hydrogen) atoms. The van der Waals surface area contributed by atoms with Crippen LogP contribution < -0.4 is 10.6 Å². The Balaban J connectivity index is 3.38. The lowest BCUT2D eigenvalue weighted by molar-refractivity contribution is -0.142. The van der Waals surface area contributed by atoms with Gasteiger partial charge in [0.1, 0.15) is 0 Å². The standard InChI is InChI=1S/C10H20N2O3/c1-4-15-10(14)7-11-6-5-9(13)12-8(2)3/h8,11H,4-7H2,1-3H3,(H,12,13). The van der Waals surface area contributed by atoms with Gasteiger partial charge in [-0.05, 0) is 20.8 Å². The maximum Gasteiger partial charge on any atom is 0.319 e. The van der Waals surface area contributed by atoms with Gasteiger partial charge in [-0.1, -0.05) is 0 Å². The average Bonchev–Trinajstić information content (AvgIpc) is 2.12. The fourth-order valence-corrected chi connectivity index (χ4v) is 0.999. The summed E-state index contributed by atoms with van der Waals surface area (Å²) in [5.41, 5.74) is 0. The Morgan fingerprint density at radius 1 is 1.33 bits per heavy atom. The monoisotopic (exact) mass is 216 g/mol. The van der Waals surface area contributed by atoms with Gasteiger partial charge in [-0.3, -0.25) is 9.59 Å². The van der Waals surface area contributed by atoms with Crippen molar-refractivity contribution >= 4 is 11.9 Å². The van der Waals surface area contributed by atoms with Crippen LogP contribution in [0.3, 0.4) is 0 Å². The van der Waals surface area contributed by atoms with Gasteiger partial charge in [0, 0.05) is 19.0 Å². The minimum absolute atomic E-state index is 0.0126. The second-order valence-electron chi connectivity index (χ2n) is 3.45. The Morgan fingerprint density at radius 3 is 2.53 bits per heavy atom. The van der Waals surface area contributed by atoms with Crippen molar-refractivity contribution in [1.82, 2.24) is 10.6 Å². The van der Waals surface area contributed by atoms with Crippen LogP contribution in [0.25, 0.3) is 0 Å². The van der Waals surface area contributed by atoms with Crippen LogP contribution in [0.1, 0.15) is 27.2 Å². The molecule has 0 saturated heterocycles. The maximum absolute atomic E-state index is 11.2. The van der Waals surface area contributed by atoms with Gasteiger partial charge in [0.05, 0.1) is 13.2 Å². The molecule has 0 aromatic rings. The van der Waals surface area contributed by atoms with E-state index in [4.69, 9.17) is 4.74 Å². The lowest BCUT2D eigenvalue weighted by Gasteiger charge is -2.08. The van der Waals surface area contributed by atoms with E-state index in [0.717, 1.165) is 0 Å². The number of amides is 1. The summed E-state index contributed by atoms with van der Waals surface area (Å²) in [5, 5.41) is 5.60. The van der Waals surface area contributed by atoms with E-state index in [9.17, 15) is 9.59 Å². The fourth-order valence-electron chi connectivity index (χ4n) is 0.999. The first-order valence-electron chi connectivity index (χ1n) is 5.22. The minimum Gasteiger partial charge on any atom is -0.465 e. The summed E-state index contributed by atoms with van der Waals surface area (Å²) in [4.78, 5) is 22.0. The molecule has 0 bridgehead atoms. The van der Waals surface area contributed by atoms with E-state index in [1.807, 2.05) is 13.8 Å². The number of esters is 1. The summed E-state index contributed by atoms with van der Waals surface area (Å²) >= 11 is 0. The summed E-state index contributed by atoms with van der Waals surface area (Å²) in [6.45, 7) is 6.59. The van der Waals surface area contributed by atoms with Gasteiger partial charge in [0.2, 0.25) is 5.91 Å². The van der Waals surface area contributed by atoms with Crippen LogP contribution in [0.5, 0.6) is 0 Å². The predicted octanol–water partition coefficient (Wildman–Crippen LogP) is 0.0538. The summed E-state index contributed by atoms with van der Waals surface area (Å²) in [5.74, 6) is -0.303. The smallest absolute Gasteiger partial charge is 0.319 e. The number of ether oxygens (including phenoxy) is 1. The number of rotatable bonds is 7. The molecule has 0 radical (unpaired) electrons. The van der Waals surface area contributed by atoms with Gasteiger partial charge >= 0.3 is 5.97 Å². The highest BCUT2D eigenvalue weighted by Gasteiger charge is 2.04. The Hall–Kier alpha value is -1.10. The van der Waals surface area contributed by atoms with Crippen LogP contribution in [0.4, 0.5) is 0 Å². The second kappa shape index (κ2) is 8.23. The Morgan fingerprint density at radius 2 is 2.00 bits per heavy atom. The van der Waals surface area contributed by atoms with Crippen molar-refractivity contribution in [3.05, 3.63) is 0 Å². The molecule has 0 aromatic carbocycles. The Bertz CT molecular complexity index is 205. The van der Waals surface area contributed by atoms with E-state index >= 15 is 0 Å². The molecule has 0 aliphatic carbocycles. The molecule has 0 spiro atoms. The van der Waals surface area contributed by atoms with Crippen LogP contribution >= 0.6 is 0 Å². The van der Waals surface area contributed by atoms with E-state index < -0.39 is 0 Å². The number of nitrogens with one attached hydrogen (secondary N) is 2. The summed E-state index contributed by atoms with van der Waals surface area (Å²) in [7, 11) is 0. The molecular weight excluding hydrogens is 196 g/mol. The van der Waals surface area contributed by atoms with E-state index in [1.54, 1.807) is 6.92 Å². The molecule has 0 atom stereocenters. The van der Waals surface area contributed by atoms with Crippen LogP contribution in [-0.4, -0.2) is 37.6 Å². The average molecular weight is 216 g/mol. The molecule has 88 valence electrons. The van der Waals surface area contributed by atoms with E-state index in [2.05, 4.69) is 10.6 Å². The maximum atomic E-state index is 11.2.